The Morgan fingerprint density at radius 1 is 0.636 bits per heavy atom. The average molecular weight is 298 g/mol. The van der Waals surface area contributed by atoms with Gasteiger partial charge < -0.3 is 20.1 Å². The first kappa shape index (κ1) is 15.8. The molecule has 2 N–H and O–H groups in total. The largest absolute Gasteiger partial charge is 0.497 e. The second-order valence-electron chi connectivity index (χ2n) is 4.96. The highest BCUT2D eigenvalue weighted by molar-refractivity contribution is 5.55. The summed E-state index contributed by atoms with van der Waals surface area (Å²) in [5.74, 6) is 1.69. The van der Waals surface area contributed by atoms with E-state index < -0.39 is 0 Å². The number of rotatable bonds is 6. The predicted octanol–water partition coefficient (Wildman–Crippen LogP) is 4.48. The van der Waals surface area contributed by atoms with Gasteiger partial charge in [-0.1, -0.05) is 0 Å². The van der Waals surface area contributed by atoms with Gasteiger partial charge in [-0.05, 0) is 62.4 Å². The second kappa shape index (κ2) is 7.41. The molecule has 0 aliphatic carbocycles. The summed E-state index contributed by atoms with van der Waals surface area (Å²) in [6, 6.07) is 15.7. The fourth-order valence-electron chi connectivity index (χ4n) is 1.97. The van der Waals surface area contributed by atoms with Gasteiger partial charge in [0, 0.05) is 22.8 Å². The summed E-state index contributed by atoms with van der Waals surface area (Å²) in [6.45, 7) is 4.08. The van der Waals surface area contributed by atoms with E-state index in [0.29, 0.717) is 0 Å². The van der Waals surface area contributed by atoms with E-state index in [2.05, 4.69) is 10.6 Å². The zero-order valence-corrected chi connectivity index (χ0v) is 13.4. The van der Waals surface area contributed by atoms with E-state index in [9.17, 15) is 0 Å². The molecule has 0 atom stereocenters. The fourth-order valence-corrected chi connectivity index (χ4v) is 1.97. The molecule has 0 saturated carbocycles. The standard InChI is InChI=1S/C18H22N2O2/c1-13(19-15-5-9-17(21-3)10-6-15)14(2)20-16-7-11-18(22-4)12-8-16/h5-12,19-20H,1-4H3/b14-13+. The number of nitrogens with one attached hydrogen (secondary N) is 2. The molecule has 0 aliphatic heterocycles. The second-order valence-corrected chi connectivity index (χ2v) is 4.96. The maximum atomic E-state index is 5.16. The highest BCUT2D eigenvalue weighted by Crippen LogP contribution is 2.20. The summed E-state index contributed by atoms with van der Waals surface area (Å²) in [4.78, 5) is 0. The molecular formula is C18H22N2O2. The van der Waals surface area contributed by atoms with E-state index in [1.165, 1.54) is 0 Å². The van der Waals surface area contributed by atoms with E-state index >= 15 is 0 Å². The Hall–Kier alpha value is -2.62. The number of ether oxygens (including phenoxy) is 2. The molecule has 2 rings (SSSR count). The topological polar surface area (TPSA) is 42.5 Å². The van der Waals surface area contributed by atoms with Crippen molar-refractivity contribution in [3.05, 3.63) is 59.9 Å². The first-order chi connectivity index (χ1) is 10.6. The molecule has 2 aromatic carbocycles. The van der Waals surface area contributed by atoms with Crippen molar-refractivity contribution in [3.63, 3.8) is 0 Å². The SMILES string of the molecule is COc1ccc(N/C(C)=C(\C)Nc2ccc(OC)cc2)cc1. The zero-order valence-electron chi connectivity index (χ0n) is 13.4. The van der Waals surface area contributed by atoms with Crippen molar-refractivity contribution in [2.24, 2.45) is 0 Å². The van der Waals surface area contributed by atoms with Crippen molar-refractivity contribution in [2.75, 3.05) is 24.9 Å². The summed E-state index contributed by atoms with van der Waals surface area (Å²) < 4.78 is 10.3. The third-order valence-corrected chi connectivity index (χ3v) is 3.41. The molecule has 0 bridgehead atoms. The van der Waals surface area contributed by atoms with E-state index in [0.717, 1.165) is 34.3 Å². The number of hydrogen-bond donors (Lipinski definition) is 2. The first-order valence-corrected chi connectivity index (χ1v) is 7.12. The smallest absolute Gasteiger partial charge is 0.119 e. The third-order valence-electron chi connectivity index (χ3n) is 3.41. The minimum absolute atomic E-state index is 0.847. The highest BCUT2D eigenvalue weighted by atomic mass is 16.5. The van der Waals surface area contributed by atoms with Gasteiger partial charge in [0.05, 0.1) is 14.2 Å². The van der Waals surface area contributed by atoms with E-state index in [1.54, 1.807) is 14.2 Å². The Kier molecular flexibility index (Phi) is 5.31. The van der Waals surface area contributed by atoms with Crippen LogP contribution in [0.1, 0.15) is 13.8 Å². The van der Waals surface area contributed by atoms with Crippen LogP contribution in [-0.4, -0.2) is 14.2 Å². The van der Waals surface area contributed by atoms with Crippen molar-refractivity contribution in [1.82, 2.24) is 0 Å². The molecule has 0 heterocycles. The summed E-state index contributed by atoms with van der Waals surface area (Å²) in [5.41, 5.74) is 4.16. The Bertz CT molecular complexity index is 574. The van der Waals surface area contributed by atoms with Gasteiger partial charge in [0.25, 0.3) is 0 Å². The molecule has 0 aliphatic rings. The number of anilines is 2. The van der Waals surface area contributed by atoms with Gasteiger partial charge in [0.2, 0.25) is 0 Å². The molecule has 0 unspecified atom stereocenters. The zero-order chi connectivity index (χ0) is 15.9. The lowest BCUT2D eigenvalue weighted by atomic mass is 10.2. The van der Waals surface area contributed by atoms with E-state index in [-0.39, 0.29) is 0 Å². The van der Waals surface area contributed by atoms with Crippen LogP contribution in [0.2, 0.25) is 0 Å². The minimum Gasteiger partial charge on any atom is -0.497 e. The number of benzene rings is 2. The normalized spacial score (nSPS) is 11.5. The van der Waals surface area contributed by atoms with Crippen molar-refractivity contribution in [2.45, 2.75) is 13.8 Å². The number of methoxy groups -OCH3 is 2. The predicted molar refractivity (Wildman–Crippen MR) is 91.6 cm³/mol. The van der Waals surface area contributed by atoms with Crippen LogP contribution in [0.4, 0.5) is 11.4 Å². The van der Waals surface area contributed by atoms with Gasteiger partial charge in [-0.15, -0.1) is 0 Å². The lowest BCUT2D eigenvalue weighted by Gasteiger charge is -2.14. The molecule has 0 aromatic heterocycles. The molecule has 4 nitrogen and oxygen atoms in total. The monoisotopic (exact) mass is 298 g/mol. The van der Waals surface area contributed by atoms with Crippen LogP contribution in [0.25, 0.3) is 0 Å². The van der Waals surface area contributed by atoms with Crippen molar-refractivity contribution in [3.8, 4) is 11.5 Å². The summed E-state index contributed by atoms with van der Waals surface area (Å²) in [5, 5.41) is 6.75. The molecule has 2 aromatic rings. The molecule has 0 spiro atoms. The Labute approximate surface area is 131 Å². The van der Waals surface area contributed by atoms with Crippen molar-refractivity contribution >= 4 is 11.4 Å². The molecule has 0 fully saturated rings. The summed E-state index contributed by atoms with van der Waals surface area (Å²) >= 11 is 0. The van der Waals surface area contributed by atoms with Crippen LogP contribution < -0.4 is 20.1 Å². The number of allylic oxidation sites excluding steroid dienone is 2. The molecule has 0 radical (unpaired) electrons. The van der Waals surface area contributed by atoms with Crippen molar-refractivity contribution in [1.29, 1.82) is 0 Å². The molecule has 0 amide bonds. The molecule has 116 valence electrons. The van der Waals surface area contributed by atoms with Gasteiger partial charge in [-0.25, -0.2) is 0 Å². The Morgan fingerprint density at radius 2 is 0.955 bits per heavy atom. The summed E-state index contributed by atoms with van der Waals surface area (Å²) in [7, 11) is 3.33. The van der Waals surface area contributed by atoms with Gasteiger partial charge in [-0.2, -0.15) is 0 Å². The molecule has 4 heteroatoms. The average Bonchev–Trinajstić information content (AvgIpc) is 2.56. The number of hydrogen-bond acceptors (Lipinski definition) is 4. The van der Waals surface area contributed by atoms with Gasteiger partial charge in [0.1, 0.15) is 11.5 Å². The quantitative estimate of drug-likeness (QED) is 0.825. The molecule has 22 heavy (non-hydrogen) atoms. The van der Waals surface area contributed by atoms with Gasteiger partial charge in [0.15, 0.2) is 0 Å². The van der Waals surface area contributed by atoms with Crippen molar-refractivity contribution < 1.29 is 9.47 Å². The van der Waals surface area contributed by atoms with Crippen LogP contribution in [0.15, 0.2) is 59.9 Å². The van der Waals surface area contributed by atoms with Crippen LogP contribution in [-0.2, 0) is 0 Å². The third kappa shape index (κ3) is 4.19. The van der Waals surface area contributed by atoms with Gasteiger partial charge in [-0.3, -0.25) is 0 Å². The van der Waals surface area contributed by atoms with E-state index in [1.807, 2.05) is 62.4 Å². The van der Waals surface area contributed by atoms with Crippen LogP contribution in [0, 0.1) is 0 Å². The van der Waals surface area contributed by atoms with Crippen LogP contribution in [0.5, 0.6) is 11.5 Å². The maximum Gasteiger partial charge on any atom is 0.119 e. The molecular weight excluding hydrogens is 276 g/mol. The highest BCUT2D eigenvalue weighted by Gasteiger charge is 2.00. The fraction of sp³-hybridized carbons (Fsp3) is 0.222. The summed E-state index contributed by atoms with van der Waals surface area (Å²) in [6.07, 6.45) is 0. The Morgan fingerprint density at radius 3 is 1.23 bits per heavy atom. The first-order valence-electron chi connectivity index (χ1n) is 7.12. The lowest BCUT2D eigenvalue weighted by molar-refractivity contribution is 0.415. The van der Waals surface area contributed by atoms with Crippen LogP contribution >= 0.6 is 0 Å². The Balaban J connectivity index is 2.03. The van der Waals surface area contributed by atoms with E-state index in [4.69, 9.17) is 9.47 Å². The van der Waals surface area contributed by atoms with Crippen LogP contribution in [0.3, 0.4) is 0 Å². The van der Waals surface area contributed by atoms with Gasteiger partial charge >= 0.3 is 0 Å². The maximum absolute atomic E-state index is 5.16. The lowest BCUT2D eigenvalue weighted by Crippen LogP contribution is -2.05. The minimum atomic E-state index is 0.847. The molecule has 0 saturated heterocycles.